The molecule has 1 aromatic heterocycles. The molecule has 106 valence electrons. The molecule has 1 aliphatic heterocycles. The van der Waals surface area contributed by atoms with E-state index in [9.17, 15) is 13.5 Å². The molecule has 19 heavy (non-hydrogen) atoms. The van der Waals surface area contributed by atoms with E-state index in [0.29, 0.717) is 25.3 Å². The van der Waals surface area contributed by atoms with E-state index in [0.717, 1.165) is 6.20 Å². The second-order valence-electron chi connectivity index (χ2n) is 4.12. The van der Waals surface area contributed by atoms with Gasteiger partial charge < -0.3 is 14.7 Å². The van der Waals surface area contributed by atoms with Crippen LogP contribution in [0.25, 0.3) is 0 Å². The van der Waals surface area contributed by atoms with Gasteiger partial charge in [0.25, 0.3) is 9.05 Å². The largest absolute Gasteiger partial charge is 0.494 e. The van der Waals surface area contributed by atoms with E-state index in [1.54, 1.807) is 4.90 Å². The second kappa shape index (κ2) is 5.32. The van der Waals surface area contributed by atoms with Gasteiger partial charge in [0.05, 0.1) is 19.4 Å². The highest BCUT2D eigenvalue weighted by Crippen LogP contribution is 2.39. The van der Waals surface area contributed by atoms with Crippen LogP contribution in [-0.2, 0) is 9.05 Å². The highest BCUT2D eigenvalue weighted by Gasteiger charge is 2.28. The van der Waals surface area contributed by atoms with Crippen LogP contribution in [0.5, 0.6) is 5.75 Å². The number of aliphatic hydroxyl groups excluding tert-OH is 1. The molecule has 2 rings (SSSR count). The molecule has 0 radical (unpaired) electrons. The van der Waals surface area contributed by atoms with Gasteiger partial charge in [-0.3, -0.25) is 0 Å². The number of nitrogens with zero attached hydrogens (tertiary/aromatic N) is 2. The first-order valence-electron chi connectivity index (χ1n) is 5.44. The van der Waals surface area contributed by atoms with Gasteiger partial charge in [0, 0.05) is 23.8 Å². The molecule has 0 bridgehead atoms. The van der Waals surface area contributed by atoms with Gasteiger partial charge in [-0.1, -0.05) is 11.6 Å². The Bertz CT molecular complexity index is 593. The van der Waals surface area contributed by atoms with Crippen molar-refractivity contribution < 1.29 is 18.3 Å². The number of pyridine rings is 1. The fourth-order valence-corrected chi connectivity index (χ4v) is 3.28. The topological polar surface area (TPSA) is 79.7 Å². The van der Waals surface area contributed by atoms with Gasteiger partial charge in [-0.25, -0.2) is 13.4 Å². The van der Waals surface area contributed by atoms with Crippen molar-refractivity contribution in [3.63, 3.8) is 0 Å². The normalized spacial score (nSPS) is 19.8. The summed E-state index contributed by atoms with van der Waals surface area (Å²) in [5.74, 6) is 0.335. The highest BCUT2D eigenvalue weighted by atomic mass is 35.7. The molecular weight excluding hydrogens is 315 g/mol. The Morgan fingerprint density at radius 2 is 2.26 bits per heavy atom. The van der Waals surface area contributed by atoms with E-state index in [2.05, 4.69) is 4.98 Å². The summed E-state index contributed by atoms with van der Waals surface area (Å²) in [6.45, 7) is 0.979. The van der Waals surface area contributed by atoms with Crippen LogP contribution < -0.4 is 9.64 Å². The number of methoxy groups -OCH3 is 1. The molecule has 1 N–H and O–H groups in total. The number of hydrogen-bond acceptors (Lipinski definition) is 6. The van der Waals surface area contributed by atoms with E-state index in [1.807, 2.05) is 0 Å². The van der Waals surface area contributed by atoms with Crippen molar-refractivity contribution in [1.82, 2.24) is 4.98 Å². The lowest BCUT2D eigenvalue weighted by atomic mass is 10.3. The van der Waals surface area contributed by atoms with E-state index in [-0.39, 0.29) is 15.7 Å². The molecule has 0 amide bonds. The Morgan fingerprint density at radius 3 is 2.74 bits per heavy atom. The van der Waals surface area contributed by atoms with Crippen molar-refractivity contribution in [2.45, 2.75) is 17.4 Å². The zero-order chi connectivity index (χ0) is 14.2. The highest BCUT2D eigenvalue weighted by molar-refractivity contribution is 8.13. The number of aliphatic hydroxyl groups is 1. The molecule has 1 unspecified atom stereocenters. The minimum Gasteiger partial charge on any atom is -0.494 e. The first kappa shape index (κ1) is 14.6. The number of ether oxygens (including phenoxy) is 1. The van der Waals surface area contributed by atoms with Crippen molar-refractivity contribution in [3.8, 4) is 5.75 Å². The lowest BCUT2D eigenvalue weighted by molar-refractivity contribution is 0.198. The Balaban J connectivity index is 2.49. The van der Waals surface area contributed by atoms with Gasteiger partial charge in [0.15, 0.2) is 11.6 Å². The third kappa shape index (κ3) is 2.89. The smallest absolute Gasteiger partial charge is 0.266 e. The number of anilines is 1. The maximum atomic E-state index is 11.4. The van der Waals surface area contributed by atoms with Gasteiger partial charge in [0.1, 0.15) is 9.92 Å². The SMILES string of the molecule is COc1c(S(=O)(=O)Cl)cnc(N2CCC(O)C2)c1Cl. The molecule has 0 aromatic carbocycles. The van der Waals surface area contributed by atoms with Crippen LogP contribution in [0.1, 0.15) is 6.42 Å². The van der Waals surface area contributed by atoms with Crippen LogP contribution in [0.2, 0.25) is 5.02 Å². The molecule has 9 heteroatoms. The molecular formula is C10H12Cl2N2O4S. The summed E-state index contributed by atoms with van der Waals surface area (Å²) in [4.78, 5) is 5.50. The Morgan fingerprint density at radius 1 is 1.58 bits per heavy atom. The molecule has 1 aliphatic rings. The predicted molar refractivity (Wildman–Crippen MR) is 71.7 cm³/mol. The van der Waals surface area contributed by atoms with Gasteiger partial charge in [-0.15, -0.1) is 0 Å². The molecule has 1 saturated heterocycles. The maximum absolute atomic E-state index is 11.4. The summed E-state index contributed by atoms with van der Waals surface area (Å²) in [6.07, 6.45) is 1.27. The quantitative estimate of drug-likeness (QED) is 0.842. The molecule has 1 atom stereocenters. The second-order valence-corrected chi connectivity index (χ2v) is 7.03. The number of aromatic nitrogens is 1. The van der Waals surface area contributed by atoms with Gasteiger partial charge in [-0.05, 0) is 6.42 Å². The lowest BCUT2D eigenvalue weighted by Crippen LogP contribution is -2.23. The number of halogens is 2. The summed E-state index contributed by atoms with van der Waals surface area (Å²) >= 11 is 6.11. The zero-order valence-electron chi connectivity index (χ0n) is 10.0. The van der Waals surface area contributed by atoms with Crippen LogP contribution in [0.15, 0.2) is 11.1 Å². The summed E-state index contributed by atoms with van der Waals surface area (Å²) in [5, 5.41) is 9.57. The van der Waals surface area contributed by atoms with E-state index in [1.165, 1.54) is 7.11 Å². The molecule has 0 aliphatic carbocycles. The maximum Gasteiger partial charge on any atom is 0.266 e. The zero-order valence-corrected chi connectivity index (χ0v) is 12.3. The number of β-amino-alcohol motifs (C(OH)–C–C–N with tert-alkyl or cyclic N) is 1. The first-order chi connectivity index (χ1) is 8.84. The third-order valence-corrected chi connectivity index (χ3v) is 4.51. The van der Waals surface area contributed by atoms with E-state index in [4.69, 9.17) is 27.0 Å². The van der Waals surface area contributed by atoms with Gasteiger partial charge in [-0.2, -0.15) is 0 Å². The lowest BCUT2D eigenvalue weighted by Gasteiger charge is -2.19. The van der Waals surface area contributed by atoms with Crippen molar-refractivity contribution in [2.24, 2.45) is 0 Å². The minimum absolute atomic E-state index is 0.0388. The Labute approximate surface area is 120 Å². The average molecular weight is 327 g/mol. The molecule has 1 fully saturated rings. The Hall–Kier alpha value is -0.760. The van der Waals surface area contributed by atoms with Gasteiger partial charge >= 0.3 is 0 Å². The van der Waals surface area contributed by atoms with Crippen LogP contribution >= 0.6 is 22.3 Å². The summed E-state index contributed by atoms with van der Waals surface area (Å²) in [7, 11) is 2.60. The van der Waals surface area contributed by atoms with Crippen LogP contribution in [0.4, 0.5) is 5.82 Å². The molecule has 0 saturated carbocycles. The standard InChI is InChI=1S/C10H12Cl2N2O4S/c1-18-9-7(19(12,16)17)4-13-10(8(9)11)14-3-2-6(15)5-14/h4,6,15H,2-3,5H2,1H3. The number of hydrogen-bond donors (Lipinski definition) is 1. The van der Waals surface area contributed by atoms with Crippen LogP contribution in [-0.4, -0.2) is 44.8 Å². The molecule has 0 spiro atoms. The fraction of sp³-hybridized carbons (Fsp3) is 0.500. The molecule has 6 nitrogen and oxygen atoms in total. The fourth-order valence-electron chi connectivity index (χ4n) is 1.96. The summed E-state index contributed by atoms with van der Waals surface area (Å²) < 4.78 is 27.8. The van der Waals surface area contributed by atoms with Crippen LogP contribution in [0.3, 0.4) is 0 Å². The van der Waals surface area contributed by atoms with E-state index < -0.39 is 15.2 Å². The Kier molecular flexibility index (Phi) is 4.10. The summed E-state index contributed by atoms with van der Waals surface area (Å²) in [6, 6.07) is 0. The van der Waals surface area contributed by atoms with E-state index >= 15 is 0 Å². The molecule has 2 heterocycles. The van der Waals surface area contributed by atoms with Crippen molar-refractivity contribution in [2.75, 3.05) is 25.1 Å². The van der Waals surface area contributed by atoms with Gasteiger partial charge in [0.2, 0.25) is 0 Å². The van der Waals surface area contributed by atoms with Crippen molar-refractivity contribution in [1.29, 1.82) is 0 Å². The number of rotatable bonds is 3. The van der Waals surface area contributed by atoms with Crippen molar-refractivity contribution >= 4 is 37.2 Å². The predicted octanol–water partition coefficient (Wildman–Crippen LogP) is 1.24. The monoisotopic (exact) mass is 326 g/mol. The van der Waals surface area contributed by atoms with Crippen molar-refractivity contribution in [3.05, 3.63) is 11.2 Å². The first-order valence-corrected chi connectivity index (χ1v) is 8.13. The minimum atomic E-state index is -3.99. The third-order valence-electron chi connectivity index (χ3n) is 2.85. The van der Waals surface area contributed by atoms with Crippen LogP contribution in [0, 0.1) is 0 Å². The summed E-state index contributed by atoms with van der Waals surface area (Å²) in [5.41, 5.74) is 0. The average Bonchev–Trinajstić information content (AvgIpc) is 2.74. The molecule has 1 aromatic rings.